The molecule has 0 aliphatic rings. The van der Waals surface area contributed by atoms with Crippen molar-refractivity contribution in [3.8, 4) is 23.7 Å². The van der Waals surface area contributed by atoms with Crippen LogP contribution >= 0.6 is 0 Å². The molecule has 132 valence electrons. The van der Waals surface area contributed by atoms with E-state index in [1.165, 1.54) is 12.1 Å². The highest BCUT2D eigenvalue weighted by molar-refractivity contribution is 7.90. The molecule has 25 heavy (non-hydrogen) atoms. The van der Waals surface area contributed by atoms with Gasteiger partial charge in [-0.3, -0.25) is 4.79 Å². The van der Waals surface area contributed by atoms with Crippen LogP contribution in [0.2, 0.25) is 0 Å². The second-order valence-corrected chi connectivity index (χ2v) is 7.83. The molecule has 1 aromatic heterocycles. The molecular formula is C16H19N5O3S. The Labute approximate surface area is 146 Å². The number of aromatic nitrogens is 4. The Morgan fingerprint density at radius 3 is 2.52 bits per heavy atom. The molecule has 0 saturated carbocycles. The van der Waals surface area contributed by atoms with Crippen LogP contribution in [0.5, 0.6) is 0 Å². The number of sulfone groups is 1. The summed E-state index contributed by atoms with van der Waals surface area (Å²) in [6.07, 6.45) is 7.15. The van der Waals surface area contributed by atoms with Gasteiger partial charge in [0, 0.05) is 11.8 Å². The average molecular weight is 361 g/mol. The number of nitrogens with zero attached hydrogens (tertiary/aromatic N) is 4. The van der Waals surface area contributed by atoms with Crippen molar-refractivity contribution in [2.45, 2.75) is 37.2 Å². The maximum absolute atomic E-state index is 12.0. The van der Waals surface area contributed by atoms with Crippen molar-refractivity contribution in [3.05, 3.63) is 24.3 Å². The van der Waals surface area contributed by atoms with Gasteiger partial charge in [-0.15, -0.1) is 16.6 Å². The largest absolute Gasteiger partial charge is 0.338 e. The summed E-state index contributed by atoms with van der Waals surface area (Å²) in [4.78, 5) is 13.4. The number of benzene rings is 1. The molecule has 8 nitrogen and oxygen atoms in total. The lowest BCUT2D eigenvalue weighted by molar-refractivity contribution is -0.123. The molecule has 2 aromatic rings. The van der Waals surface area contributed by atoms with E-state index >= 15 is 0 Å². The van der Waals surface area contributed by atoms with Crippen molar-refractivity contribution in [2.75, 3.05) is 6.26 Å². The van der Waals surface area contributed by atoms with E-state index in [2.05, 4.69) is 26.6 Å². The summed E-state index contributed by atoms with van der Waals surface area (Å²) in [5, 5.41) is 14.6. The van der Waals surface area contributed by atoms with Crippen molar-refractivity contribution in [1.29, 1.82) is 0 Å². The van der Waals surface area contributed by atoms with Crippen LogP contribution in [0.3, 0.4) is 0 Å². The molecule has 0 aliphatic heterocycles. The van der Waals surface area contributed by atoms with Crippen LogP contribution in [0.4, 0.5) is 0 Å². The molecule has 1 heterocycles. The van der Waals surface area contributed by atoms with Gasteiger partial charge in [-0.2, -0.15) is 4.80 Å². The zero-order valence-corrected chi connectivity index (χ0v) is 15.0. The van der Waals surface area contributed by atoms with Crippen molar-refractivity contribution in [2.24, 2.45) is 0 Å². The fourth-order valence-corrected chi connectivity index (χ4v) is 2.61. The number of carbonyl (C=O) groups excluding carboxylic acids is 1. The van der Waals surface area contributed by atoms with Gasteiger partial charge in [0.05, 0.1) is 10.4 Å². The monoisotopic (exact) mass is 361 g/mol. The summed E-state index contributed by atoms with van der Waals surface area (Å²) in [6.45, 7) is 3.52. The van der Waals surface area contributed by atoms with Crippen molar-refractivity contribution in [3.63, 3.8) is 0 Å². The second kappa shape index (κ2) is 7.03. The number of nitrogens with one attached hydrogen (secondary N) is 1. The number of amides is 1. The van der Waals surface area contributed by atoms with Crippen LogP contribution in [0.25, 0.3) is 11.4 Å². The molecule has 0 aliphatic carbocycles. The summed E-state index contributed by atoms with van der Waals surface area (Å²) < 4.78 is 22.9. The summed E-state index contributed by atoms with van der Waals surface area (Å²) in [6, 6.07) is 6.12. The van der Waals surface area contributed by atoms with Gasteiger partial charge in [0.2, 0.25) is 11.7 Å². The SMILES string of the molecule is C#C[C@@](C)(CC)NC(=O)Cn1nnc(-c2ccc(S(C)(=O)=O)cc2)n1. The molecule has 0 unspecified atom stereocenters. The Morgan fingerprint density at radius 2 is 2.00 bits per heavy atom. The minimum absolute atomic E-state index is 0.119. The average Bonchev–Trinajstić information content (AvgIpc) is 3.02. The summed E-state index contributed by atoms with van der Waals surface area (Å²) >= 11 is 0. The van der Waals surface area contributed by atoms with Gasteiger partial charge in [-0.25, -0.2) is 8.42 Å². The molecule has 2 rings (SSSR count). The molecule has 1 amide bonds. The lowest BCUT2D eigenvalue weighted by atomic mass is 10.0. The number of rotatable bonds is 6. The topological polar surface area (TPSA) is 107 Å². The van der Waals surface area contributed by atoms with Crippen molar-refractivity contribution < 1.29 is 13.2 Å². The number of terminal acetylenes is 1. The highest BCUT2D eigenvalue weighted by Gasteiger charge is 2.21. The number of carbonyl (C=O) groups is 1. The standard InChI is InChI=1S/C16H19N5O3S/c1-5-16(3,6-2)17-14(22)11-21-19-15(18-20-21)12-7-9-13(10-8-12)25(4,23)24/h1,7-10H,6,11H2,2-4H3,(H,17,22)/t16-/m0/s1. The van der Waals surface area contributed by atoms with E-state index in [4.69, 9.17) is 6.42 Å². The van der Waals surface area contributed by atoms with E-state index in [1.807, 2.05) is 6.92 Å². The predicted molar refractivity (Wildman–Crippen MR) is 92.0 cm³/mol. The smallest absolute Gasteiger partial charge is 0.244 e. The quantitative estimate of drug-likeness (QED) is 0.758. The number of hydrogen-bond acceptors (Lipinski definition) is 6. The Hall–Kier alpha value is -2.73. The first-order valence-corrected chi connectivity index (χ1v) is 9.43. The Balaban J connectivity index is 2.10. The highest BCUT2D eigenvalue weighted by Crippen LogP contribution is 2.17. The van der Waals surface area contributed by atoms with E-state index < -0.39 is 15.4 Å². The lowest BCUT2D eigenvalue weighted by Crippen LogP contribution is -2.45. The van der Waals surface area contributed by atoms with Crippen LogP contribution in [0, 0.1) is 12.3 Å². The summed E-state index contributed by atoms with van der Waals surface area (Å²) in [5.41, 5.74) is -0.122. The zero-order chi connectivity index (χ0) is 18.7. The van der Waals surface area contributed by atoms with Crippen LogP contribution in [0.1, 0.15) is 20.3 Å². The van der Waals surface area contributed by atoms with Crippen LogP contribution < -0.4 is 5.32 Å². The van der Waals surface area contributed by atoms with E-state index in [9.17, 15) is 13.2 Å². The van der Waals surface area contributed by atoms with Gasteiger partial charge in [0.15, 0.2) is 9.84 Å². The van der Waals surface area contributed by atoms with Gasteiger partial charge in [-0.1, -0.05) is 12.8 Å². The van der Waals surface area contributed by atoms with Crippen LogP contribution in [0.15, 0.2) is 29.2 Å². The van der Waals surface area contributed by atoms with E-state index in [1.54, 1.807) is 19.1 Å². The Morgan fingerprint density at radius 1 is 1.36 bits per heavy atom. The molecule has 1 N–H and O–H groups in total. The minimum Gasteiger partial charge on any atom is -0.338 e. The maximum atomic E-state index is 12.0. The molecule has 0 saturated heterocycles. The zero-order valence-electron chi connectivity index (χ0n) is 14.2. The first kappa shape index (κ1) is 18.6. The molecule has 1 atom stereocenters. The molecule has 0 fully saturated rings. The Kier molecular flexibility index (Phi) is 5.23. The summed E-state index contributed by atoms with van der Waals surface area (Å²) in [5.74, 6) is 2.52. The van der Waals surface area contributed by atoms with Crippen molar-refractivity contribution >= 4 is 15.7 Å². The van der Waals surface area contributed by atoms with Gasteiger partial charge >= 0.3 is 0 Å². The Bertz CT molecular complexity index is 912. The predicted octanol–water partition coefficient (Wildman–Crippen LogP) is 0.662. The molecular weight excluding hydrogens is 342 g/mol. The first-order valence-electron chi connectivity index (χ1n) is 7.54. The molecule has 9 heteroatoms. The second-order valence-electron chi connectivity index (χ2n) is 5.82. The molecule has 0 spiro atoms. The van der Waals surface area contributed by atoms with E-state index in [0.717, 1.165) is 11.1 Å². The number of hydrogen-bond donors (Lipinski definition) is 1. The minimum atomic E-state index is -3.27. The van der Waals surface area contributed by atoms with E-state index in [0.29, 0.717) is 17.8 Å². The van der Waals surface area contributed by atoms with E-state index in [-0.39, 0.29) is 17.3 Å². The molecule has 0 bridgehead atoms. The van der Waals surface area contributed by atoms with Crippen molar-refractivity contribution in [1.82, 2.24) is 25.5 Å². The number of tetrazole rings is 1. The summed E-state index contributed by atoms with van der Waals surface area (Å²) in [7, 11) is -3.27. The molecule has 0 radical (unpaired) electrons. The van der Waals surface area contributed by atoms with Gasteiger partial charge in [-0.05, 0) is 42.8 Å². The highest BCUT2D eigenvalue weighted by atomic mass is 32.2. The normalized spacial score (nSPS) is 13.7. The molecule has 1 aromatic carbocycles. The first-order chi connectivity index (χ1) is 11.7. The maximum Gasteiger partial charge on any atom is 0.244 e. The van der Waals surface area contributed by atoms with Gasteiger partial charge < -0.3 is 5.32 Å². The van der Waals surface area contributed by atoms with Crippen LogP contribution in [-0.2, 0) is 21.2 Å². The fourth-order valence-electron chi connectivity index (χ4n) is 1.98. The fraction of sp³-hybridized carbons (Fsp3) is 0.375. The van der Waals surface area contributed by atoms with Gasteiger partial charge in [0.25, 0.3) is 0 Å². The lowest BCUT2D eigenvalue weighted by Gasteiger charge is -2.22. The van der Waals surface area contributed by atoms with Gasteiger partial charge in [0.1, 0.15) is 6.54 Å². The van der Waals surface area contributed by atoms with Crippen LogP contribution in [-0.4, -0.2) is 46.3 Å². The third-order valence-electron chi connectivity index (χ3n) is 3.72. The third-order valence-corrected chi connectivity index (χ3v) is 4.85. The third kappa shape index (κ3) is 4.64.